The summed E-state index contributed by atoms with van der Waals surface area (Å²) >= 11 is 0. The molecule has 0 radical (unpaired) electrons. The Morgan fingerprint density at radius 3 is 2.78 bits per heavy atom. The molecule has 1 atom stereocenters. The zero-order valence-corrected chi connectivity index (χ0v) is 12.7. The van der Waals surface area contributed by atoms with Gasteiger partial charge in [0.25, 0.3) is 0 Å². The van der Waals surface area contributed by atoms with Crippen molar-refractivity contribution < 1.29 is 8.42 Å². The molecule has 0 aromatic rings. The molecular formula is C12H27N3O2S. The van der Waals surface area contributed by atoms with Crippen molar-refractivity contribution in [3.8, 4) is 0 Å². The number of hydrogen-bond donors (Lipinski definition) is 1. The summed E-state index contributed by atoms with van der Waals surface area (Å²) in [4.78, 5) is 2.21. The van der Waals surface area contributed by atoms with E-state index in [9.17, 15) is 8.42 Å². The molecule has 1 rings (SSSR count). The van der Waals surface area contributed by atoms with Gasteiger partial charge in [-0.3, -0.25) is 0 Å². The number of hydrogen-bond acceptors (Lipinski definition) is 4. The topological polar surface area (TPSA) is 52.7 Å². The number of rotatable bonds is 7. The lowest BCUT2D eigenvalue weighted by molar-refractivity contribution is 0.187. The van der Waals surface area contributed by atoms with E-state index in [1.807, 2.05) is 6.92 Å². The second-order valence-electron chi connectivity index (χ2n) is 5.10. The number of likely N-dealkylation sites (tertiary alicyclic amines) is 1. The fraction of sp³-hybridized carbons (Fsp3) is 1.00. The highest BCUT2D eigenvalue weighted by atomic mass is 32.2. The summed E-state index contributed by atoms with van der Waals surface area (Å²) in [7, 11) is 0.685. The van der Waals surface area contributed by atoms with E-state index in [-0.39, 0.29) is 11.8 Å². The second-order valence-corrected chi connectivity index (χ2v) is 7.25. The van der Waals surface area contributed by atoms with Crippen LogP contribution in [-0.2, 0) is 10.0 Å². The molecule has 1 N–H and O–H groups in total. The van der Waals surface area contributed by atoms with Crippen molar-refractivity contribution in [1.29, 1.82) is 0 Å². The monoisotopic (exact) mass is 277 g/mol. The van der Waals surface area contributed by atoms with E-state index in [1.54, 1.807) is 11.4 Å². The number of likely N-dealkylation sites (N-methyl/N-ethyl adjacent to an activating group) is 2. The molecule has 1 aliphatic heterocycles. The third-order valence-corrected chi connectivity index (χ3v) is 5.54. The fourth-order valence-corrected chi connectivity index (χ4v) is 3.79. The lowest BCUT2D eigenvalue weighted by Gasteiger charge is -2.35. The Kier molecular flexibility index (Phi) is 6.55. The standard InChI is InChI=1S/C12H27N3O2S/c1-4-13-8-6-10-18(16,17)15(3)12-7-5-9-14(2)11-12/h12-13H,4-11H2,1-3H3. The Morgan fingerprint density at radius 2 is 2.17 bits per heavy atom. The predicted molar refractivity (Wildman–Crippen MR) is 75.2 cm³/mol. The molecule has 1 heterocycles. The number of nitrogens with one attached hydrogen (secondary N) is 1. The Balaban J connectivity index is 2.45. The van der Waals surface area contributed by atoms with E-state index in [2.05, 4.69) is 17.3 Å². The summed E-state index contributed by atoms with van der Waals surface area (Å²) < 4.78 is 26.0. The number of nitrogens with zero attached hydrogens (tertiary/aromatic N) is 2. The van der Waals surface area contributed by atoms with Crippen LogP contribution in [0.1, 0.15) is 26.2 Å². The zero-order chi connectivity index (χ0) is 13.6. The molecular weight excluding hydrogens is 250 g/mol. The molecule has 0 aliphatic carbocycles. The van der Waals surface area contributed by atoms with Gasteiger partial charge in [-0.1, -0.05) is 6.92 Å². The van der Waals surface area contributed by atoms with Crippen molar-refractivity contribution in [3.63, 3.8) is 0 Å². The van der Waals surface area contributed by atoms with E-state index in [1.165, 1.54) is 0 Å². The smallest absolute Gasteiger partial charge is 0.214 e. The van der Waals surface area contributed by atoms with Crippen LogP contribution < -0.4 is 5.32 Å². The highest BCUT2D eigenvalue weighted by Gasteiger charge is 2.28. The molecule has 1 saturated heterocycles. The van der Waals surface area contributed by atoms with Crippen LogP contribution >= 0.6 is 0 Å². The predicted octanol–water partition coefficient (Wildman–Crippen LogP) is 0.342. The first kappa shape index (κ1) is 15.9. The first-order chi connectivity index (χ1) is 8.47. The molecule has 18 heavy (non-hydrogen) atoms. The third-order valence-electron chi connectivity index (χ3n) is 3.56. The molecule has 6 heteroatoms. The average molecular weight is 277 g/mol. The van der Waals surface area contributed by atoms with Crippen LogP contribution in [0.2, 0.25) is 0 Å². The van der Waals surface area contributed by atoms with Crippen LogP contribution in [0.5, 0.6) is 0 Å². The Hall–Kier alpha value is -0.170. The highest BCUT2D eigenvalue weighted by Crippen LogP contribution is 2.16. The summed E-state index contributed by atoms with van der Waals surface area (Å²) in [6.45, 7) is 5.61. The SMILES string of the molecule is CCNCCCS(=O)(=O)N(C)C1CCCN(C)C1. The van der Waals surface area contributed by atoms with E-state index in [0.29, 0.717) is 6.42 Å². The third kappa shape index (κ3) is 4.84. The molecule has 1 unspecified atom stereocenters. The van der Waals surface area contributed by atoms with Gasteiger partial charge in [0, 0.05) is 19.6 Å². The summed E-state index contributed by atoms with van der Waals surface area (Å²) in [5.41, 5.74) is 0. The Morgan fingerprint density at radius 1 is 1.44 bits per heavy atom. The molecule has 108 valence electrons. The summed E-state index contributed by atoms with van der Waals surface area (Å²) in [5, 5.41) is 3.16. The molecule has 1 aliphatic rings. The van der Waals surface area contributed by atoms with Gasteiger partial charge >= 0.3 is 0 Å². The Bertz CT molecular complexity index is 332. The van der Waals surface area contributed by atoms with Gasteiger partial charge < -0.3 is 10.2 Å². The van der Waals surface area contributed by atoms with Crippen LogP contribution in [0, 0.1) is 0 Å². The zero-order valence-electron chi connectivity index (χ0n) is 11.9. The highest BCUT2D eigenvalue weighted by molar-refractivity contribution is 7.89. The van der Waals surface area contributed by atoms with Gasteiger partial charge in [0.05, 0.1) is 5.75 Å². The maximum absolute atomic E-state index is 12.2. The van der Waals surface area contributed by atoms with E-state index < -0.39 is 10.0 Å². The van der Waals surface area contributed by atoms with Gasteiger partial charge in [0.1, 0.15) is 0 Å². The van der Waals surface area contributed by atoms with Crippen LogP contribution in [0.4, 0.5) is 0 Å². The van der Waals surface area contributed by atoms with Crippen LogP contribution in [0.25, 0.3) is 0 Å². The van der Waals surface area contributed by atoms with Gasteiger partial charge in [0.2, 0.25) is 10.0 Å². The van der Waals surface area contributed by atoms with E-state index in [4.69, 9.17) is 0 Å². The first-order valence-electron chi connectivity index (χ1n) is 6.82. The Labute approximate surface area is 112 Å². The minimum absolute atomic E-state index is 0.146. The minimum atomic E-state index is -3.10. The molecule has 5 nitrogen and oxygen atoms in total. The van der Waals surface area contributed by atoms with Crippen molar-refractivity contribution in [2.75, 3.05) is 46.0 Å². The van der Waals surface area contributed by atoms with E-state index in [0.717, 1.165) is 39.0 Å². The molecule has 0 bridgehead atoms. The molecule has 0 saturated carbocycles. The van der Waals surface area contributed by atoms with Crippen molar-refractivity contribution in [2.24, 2.45) is 0 Å². The molecule has 0 aromatic carbocycles. The first-order valence-corrected chi connectivity index (χ1v) is 8.43. The normalized spacial score (nSPS) is 22.6. The van der Waals surface area contributed by atoms with Crippen molar-refractivity contribution >= 4 is 10.0 Å². The van der Waals surface area contributed by atoms with Gasteiger partial charge in [-0.25, -0.2) is 12.7 Å². The maximum atomic E-state index is 12.2. The quantitative estimate of drug-likeness (QED) is 0.682. The van der Waals surface area contributed by atoms with Crippen molar-refractivity contribution in [3.05, 3.63) is 0 Å². The van der Waals surface area contributed by atoms with E-state index >= 15 is 0 Å². The molecule has 0 spiro atoms. The van der Waals surface area contributed by atoms with Crippen LogP contribution in [0.3, 0.4) is 0 Å². The molecule has 0 amide bonds. The van der Waals surface area contributed by atoms with Crippen LogP contribution in [0.15, 0.2) is 0 Å². The number of sulfonamides is 1. The van der Waals surface area contributed by atoms with Crippen molar-refractivity contribution in [1.82, 2.24) is 14.5 Å². The van der Waals surface area contributed by atoms with Gasteiger partial charge in [-0.2, -0.15) is 0 Å². The summed E-state index contributed by atoms with van der Waals surface area (Å²) in [6.07, 6.45) is 2.74. The molecule has 0 aromatic heterocycles. The second kappa shape index (κ2) is 7.43. The van der Waals surface area contributed by atoms with Crippen LogP contribution in [-0.4, -0.2) is 69.7 Å². The minimum Gasteiger partial charge on any atom is -0.317 e. The van der Waals surface area contributed by atoms with Gasteiger partial charge in [-0.05, 0) is 45.9 Å². The fourth-order valence-electron chi connectivity index (χ4n) is 2.36. The molecule has 1 fully saturated rings. The average Bonchev–Trinajstić information content (AvgIpc) is 2.34. The summed E-state index contributed by atoms with van der Waals surface area (Å²) in [6, 6.07) is 0.146. The lowest BCUT2D eigenvalue weighted by Crippen LogP contribution is -2.47. The lowest BCUT2D eigenvalue weighted by atomic mass is 10.1. The van der Waals surface area contributed by atoms with Gasteiger partial charge in [0.15, 0.2) is 0 Å². The maximum Gasteiger partial charge on any atom is 0.214 e. The van der Waals surface area contributed by atoms with Gasteiger partial charge in [-0.15, -0.1) is 0 Å². The largest absolute Gasteiger partial charge is 0.317 e. The summed E-state index contributed by atoms with van der Waals surface area (Å²) in [5.74, 6) is 0.247. The number of piperidine rings is 1. The van der Waals surface area contributed by atoms with Crippen molar-refractivity contribution in [2.45, 2.75) is 32.2 Å².